The number of piperidine rings is 1. The van der Waals surface area contributed by atoms with Crippen LogP contribution in [0.5, 0.6) is 0 Å². The van der Waals surface area contributed by atoms with Gasteiger partial charge in [0.1, 0.15) is 11.5 Å². The monoisotopic (exact) mass is 560 g/mol. The Balaban J connectivity index is 1.15. The first-order valence-corrected chi connectivity index (χ1v) is 14.5. The van der Waals surface area contributed by atoms with E-state index in [1.54, 1.807) is 23.2 Å². The number of amides is 1. The van der Waals surface area contributed by atoms with Crippen molar-refractivity contribution in [2.75, 3.05) is 40.0 Å². The maximum Gasteiger partial charge on any atom is 0.309 e. The molecule has 2 aromatic carbocycles. The van der Waals surface area contributed by atoms with Crippen LogP contribution < -0.4 is 0 Å². The smallest absolute Gasteiger partial charge is 0.309 e. The molecule has 2 unspecified atom stereocenters. The second kappa shape index (κ2) is 11.7. The molecule has 41 heavy (non-hydrogen) atoms. The summed E-state index contributed by atoms with van der Waals surface area (Å²) in [5.74, 6) is 0.452. The minimum absolute atomic E-state index is 0.0367. The van der Waals surface area contributed by atoms with E-state index < -0.39 is 0 Å². The molecule has 0 bridgehead atoms. The van der Waals surface area contributed by atoms with Crippen LogP contribution in [0.15, 0.2) is 55.0 Å². The Morgan fingerprint density at radius 2 is 1.88 bits per heavy atom. The number of aryl methyl sites for hydroxylation is 1. The molecule has 8 nitrogen and oxygen atoms in total. The number of hydrogen-bond donors (Lipinski definition) is 0. The lowest BCUT2D eigenvalue weighted by Crippen LogP contribution is -2.43. The number of carbonyl (C=O) groups excluding carboxylic acids is 2. The lowest BCUT2D eigenvalue weighted by atomic mass is 9.98. The SMILES string of the molecule is COC(=O)C1C2CN(CCc3cccc(-c4cc(CN(C(=O)c5cn(C)cn5)C5CCOCC5)ccc4F)c3)CC21. The summed E-state index contributed by atoms with van der Waals surface area (Å²) in [6.07, 6.45) is 5.74. The second-order valence-electron chi connectivity index (χ2n) is 11.6. The fraction of sp³-hybridized carbons (Fsp3) is 0.469. The molecule has 3 fully saturated rings. The molecule has 0 spiro atoms. The van der Waals surface area contributed by atoms with Gasteiger partial charge in [0, 0.05) is 64.2 Å². The number of aromatic nitrogens is 2. The van der Waals surface area contributed by atoms with E-state index in [1.165, 1.54) is 13.2 Å². The number of benzene rings is 2. The van der Waals surface area contributed by atoms with Crippen LogP contribution in [-0.4, -0.2) is 77.2 Å². The van der Waals surface area contributed by atoms with Crippen molar-refractivity contribution in [2.24, 2.45) is 24.8 Å². The zero-order valence-electron chi connectivity index (χ0n) is 23.7. The molecule has 1 amide bonds. The largest absolute Gasteiger partial charge is 0.469 e. The van der Waals surface area contributed by atoms with Gasteiger partial charge in [-0.25, -0.2) is 9.37 Å². The average molecular weight is 561 g/mol. The molecule has 9 heteroatoms. The number of hydrogen-bond acceptors (Lipinski definition) is 6. The Morgan fingerprint density at radius 3 is 2.59 bits per heavy atom. The van der Waals surface area contributed by atoms with Gasteiger partial charge in [0.05, 0.1) is 19.4 Å². The third-order valence-electron chi connectivity index (χ3n) is 8.90. The van der Waals surface area contributed by atoms with Gasteiger partial charge in [-0.15, -0.1) is 0 Å². The minimum Gasteiger partial charge on any atom is -0.469 e. The Bertz CT molecular complexity index is 1410. The molecule has 2 atom stereocenters. The Labute approximate surface area is 240 Å². The van der Waals surface area contributed by atoms with Gasteiger partial charge in [0.2, 0.25) is 0 Å². The minimum atomic E-state index is -0.284. The Hall–Kier alpha value is -3.56. The predicted octanol–water partition coefficient (Wildman–Crippen LogP) is 3.94. The summed E-state index contributed by atoms with van der Waals surface area (Å²) >= 11 is 0. The summed E-state index contributed by atoms with van der Waals surface area (Å²) in [5, 5.41) is 0. The second-order valence-corrected chi connectivity index (χ2v) is 11.6. The number of ether oxygens (including phenoxy) is 2. The standard InChI is InChI=1S/C32H37FN4O4/c1-35-19-29(34-20-35)31(38)37(24-9-12-41-13-10-24)16-22-6-7-28(33)25(15-22)23-5-3-4-21(14-23)8-11-36-17-26-27(18-36)30(26)32(39)40-2/h3-7,14-15,19-20,24,26-27,30H,8-13,16-18H2,1-2H3. The van der Waals surface area contributed by atoms with Gasteiger partial charge >= 0.3 is 5.97 Å². The van der Waals surface area contributed by atoms with Crippen molar-refractivity contribution in [2.45, 2.75) is 31.8 Å². The summed E-state index contributed by atoms with van der Waals surface area (Å²) in [7, 11) is 3.31. The molecule has 3 aromatic rings. The fourth-order valence-electron chi connectivity index (χ4n) is 6.59. The third kappa shape index (κ3) is 5.92. The molecular formula is C32H37FN4O4. The highest BCUT2D eigenvalue weighted by Crippen LogP contribution is 2.52. The van der Waals surface area contributed by atoms with Crippen molar-refractivity contribution in [3.63, 3.8) is 0 Å². The van der Waals surface area contributed by atoms with Crippen molar-refractivity contribution in [3.05, 3.63) is 77.6 Å². The van der Waals surface area contributed by atoms with Crippen molar-refractivity contribution < 1.29 is 23.5 Å². The number of likely N-dealkylation sites (tertiary alicyclic amines) is 1. The molecule has 216 valence electrons. The predicted molar refractivity (Wildman–Crippen MR) is 151 cm³/mol. The highest BCUT2D eigenvalue weighted by Gasteiger charge is 2.59. The number of fused-ring (bicyclic) bond motifs is 1. The normalized spacial score (nSPS) is 22.4. The summed E-state index contributed by atoms with van der Waals surface area (Å²) in [6, 6.07) is 13.2. The van der Waals surface area contributed by atoms with E-state index >= 15 is 4.39 Å². The zero-order chi connectivity index (χ0) is 28.5. The van der Waals surface area contributed by atoms with E-state index in [0.29, 0.717) is 42.9 Å². The first-order valence-electron chi connectivity index (χ1n) is 14.5. The van der Waals surface area contributed by atoms with E-state index in [1.807, 2.05) is 30.1 Å². The molecule has 3 heterocycles. The molecule has 6 rings (SSSR count). The quantitative estimate of drug-likeness (QED) is 0.369. The van der Waals surface area contributed by atoms with E-state index in [-0.39, 0.29) is 29.7 Å². The maximum atomic E-state index is 15.2. The average Bonchev–Trinajstić information content (AvgIpc) is 3.28. The summed E-state index contributed by atoms with van der Waals surface area (Å²) in [4.78, 5) is 33.9. The molecule has 1 aromatic heterocycles. The number of carbonyl (C=O) groups is 2. The van der Waals surface area contributed by atoms with Crippen LogP contribution in [0.4, 0.5) is 4.39 Å². The molecule has 1 aliphatic carbocycles. The van der Waals surface area contributed by atoms with Gasteiger partial charge < -0.3 is 23.8 Å². The van der Waals surface area contributed by atoms with Gasteiger partial charge in [0.15, 0.2) is 0 Å². The number of rotatable bonds is 9. The van der Waals surface area contributed by atoms with E-state index in [2.05, 4.69) is 22.0 Å². The molecule has 2 aliphatic heterocycles. The van der Waals surface area contributed by atoms with Crippen molar-refractivity contribution in [1.82, 2.24) is 19.4 Å². The summed E-state index contributed by atoms with van der Waals surface area (Å²) < 4.78 is 27.4. The number of esters is 1. The Morgan fingerprint density at radius 1 is 1.10 bits per heavy atom. The first-order chi connectivity index (χ1) is 19.9. The first kappa shape index (κ1) is 27.6. The van der Waals surface area contributed by atoms with Crippen LogP contribution in [0.2, 0.25) is 0 Å². The number of halogens is 1. The van der Waals surface area contributed by atoms with Gasteiger partial charge in [-0.1, -0.05) is 30.3 Å². The van der Waals surface area contributed by atoms with Crippen molar-refractivity contribution >= 4 is 11.9 Å². The summed E-state index contributed by atoms with van der Waals surface area (Å²) in [6.45, 7) is 4.37. The molecule has 0 N–H and O–H groups in total. The highest BCUT2D eigenvalue weighted by molar-refractivity contribution is 5.92. The summed E-state index contributed by atoms with van der Waals surface area (Å²) in [5.41, 5.74) is 3.78. The number of methoxy groups -OCH3 is 1. The van der Waals surface area contributed by atoms with Gasteiger partial charge in [-0.3, -0.25) is 9.59 Å². The Kier molecular flexibility index (Phi) is 7.90. The lowest BCUT2D eigenvalue weighted by Gasteiger charge is -2.34. The zero-order valence-corrected chi connectivity index (χ0v) is 23.7. The van der Waals surface area contributed by atoms with Crippen LogP contribution in [0.1, 0.15) is 34.5 Å². The third-order valence-corrected chi connectivity index (χ3v) is 8.90. The number of imidazole rings is 1. The van der Waals surface area contributed by atoms with Crippen LogP contribution in [0.25, 0.3) is 11.1 Å². The molecule has 3 aliphatic rings. The van der Waals surface area contributed by atoms with Crippen LogP contribution in [-0.2, 0) is 34.3 Å². The van der Waals surface area contributed by atoms with Gasteiger partial charge in [-0.2, -0.15) is 0 Å². The molecule has 0 radical (unpaired) electrons. The molecular weight excluding hydrogens is 523 g/mol. The molecule has 1 saturated carbocycles. The fourth-order valence-corrected chi connectivity index (χ4v) is 6.59. The van der Waals surface area contributed by atoms with Gasteiger partial charge in [0.25, 0.3) is 5.91 Å². The molecule has 2 saturated heterocycles. The van der Waals surface area contributed by atoms with Crippen molar-refractivity contribution in [3.8, 4) is 11.1 Å². The lowest BCUT2D eigenvalue weighted by molar-refractivity contribution is -0.143. The maximum absolute atomic E-state index is 15.2. The highest BCUT2D eigenvalue weighted by atomic mass is 19.1. The van der Waals surface area contributed by atoms with E-state index in [4.69, 9.17) is 9.47 Å². The van der Waals surface area contributed by atoms with E-state index in [0.717, 1.165) is 55.6 Å². The van der Waals surface area contributed by atoms with Crippen molar-refractivity contribution in [1.29, 1.82) is 0 Å². The topological polar surface area (TPSA) is 76.9 Å². The van der Waals surface area contributed by atoms with Gasteiger partial charge in [-0.05, 0) is 59.9 Å². The van der Waals surface area contributed by atoms with E-state index in [9.17, 15) is 9.59 Å². The van der Waals surface area contributed by atoms with Crippen LogP contribution in [0.3, 0.4) is 0 Å². The van der Waals surface area contributed by atoms with Crippen LogP contribution in [0, 0.1) is 23.6 Å². The number of nitrogens with zero attached hydrogens (tertiary/aromatic N) is 4. The van der Waals surface area contributed by atoms with Crippen LogP contribution >= 0.6 is 0 Å².